The topological polar surface area (TPSA) is 101 Å². The number of hydrogen-bond donors (Lipinski definition) is 1. The number of piperidine rings is 1. The van der Waals surface area contributed by atoms with E-state index in [4.69, 9.17) is 4.74 Å². The van der Waals surface area contributed by atoms with E-state index in [1.807, 2.05) is 6.07 Å². The maximum atomic E-state index is 11.3. The summed E-state index contributed by atoms with van der Waals surface area (Å²) in [6.45, 7) is 2.39. The molecule has 1 atom stereocenters. The Bertz CT molecular complexity index is 872. The summed E-state index contributed by atoms with van der Waals surface area (Å²) >= 11 is 0. The van der Waals surface area contributed by atoms with Crippen LogP contribution in [-0.2, 0) is 14.8 Å². The maximum absolute atomic E-state index is 11.3. The first kappa shape index (κ1) is 17.6. The lowest BCUT2D eigenvalue weighted by Gasteiger charge is -2.34. The molecule has 134 valence electrons. The van der Waals surface area contributed by atoms with Crippen LogP contribution in [0.3, 0.4) is 0 Å². The van der Waals surface area contributed by atoms with Gasteiger partial charge in [0.15, 0.2) is 0 Å². The van der Waals surface area contributed by atoms with Gasteiger partial charge in [-0.1, -0.05) is 0 Å². The van der Waals surface area contributed by atoms with E-state index < -0.39 is 10.0 Å². The smallest absolute Gasteiger partial charge is 0.298 e. The average molecular weight is 364 g/mol. The maximum Gasteiger partial charge on any atom is 0.298 e. The van der Waals surface area contributed by atoms with Crippen LogP contribution in [0.2, 0.25) is 0 Å². The third-order valence-electron chi connectivity index (χ3n) is 4.22. The number of anilines is 1. The highest BCUT2D eigenvalue weighted by molar-refractivity contribution is 7.88. The Kier molecular flexibility index (Phi) is 5.14. The van der Waals surface area contributed by atoms with E-state index in [-0.39, 0.29) is 5.92 Å². The standard InChI is InChI=1S/C16H20N4O4S/c1-25(22,23)19-8-12-3-2-6-20(9-12)16-14-5-4-13(24-11-21)7-15(14)17-10-18-16/h4-5,7,10-12,19H,2-3,6,8-9H2,1H3. The molecular formula is C16H20N4O4S. The van der Waals surface area contributed by atoms with Crippen molar-refractivity contribution in [1.29, 1.82) is 0 Å². The van der Waals surface area contributed by atoms with Gasteiger partial charge in [-0.3, -0.25) is 4.79 Å². The van der Waals surface area contributed by atoms with E-state index in [1.54, 1.807) is 12.1 Å². The molecule has 0 spiro atoms. The average Bonchev–Trinajstić information content (AvgIpc) is 2.59. The second-order valence-electron chi connectivity index (χ2n) is 6.17. The van der Waals surface area contributed by atoms with E-state index in [9.17, 15) is 13.2 Å². The normalized spacial score (nSPS) is 18.3. The second-order valence-corrected chi connectivity index (χ2v) is 8.00. The van der Waals surface area contributed by atoms with E-state index >= 15 is 0 Å². The molecule has 1 aliphatic heterocycles. The number of fused-ring (bicyclic) bond motifs is 1. The molecule has 3 rings (SSSR count). The van der Waals surface area contributed by atoms with Crippen molar-refractivity contribution in [2.24, 2.45) is 5.92 Å². The predicted molar refractivity (Wildman–Crippen MR) is 94.0 cm³/mol. The number of carbonyl (C=O) groups excluding carboxylic acids is 1. The van der Waals surface area contributed by atoms with E-state index in [0.29, 0.717) is 24.3 Å². The fraction of sp³-hybridized carbons (Fsp3) is 0.438. The first-order chi connectivity index (χ1) is 12.0. The first-order valence-corrected chi connectivity index (χ1v) is 9.90. The molecule has 2 aromatic rings. The van der Waals surface area contributed by atoms with Crippen molar-refractivity contribution in [1.82, 2.24) is 14.7 Å². The highest BCUT2D eigenvalue weighted by atomic mass is 32.2. The molecule has 25 heavy (non-hydrogen) atoms. The van der Waals surface area contributed by atoms with Crippen molar-refractivity contribution in [3.05, 3.63) is 24.5 Å². The van der Waals surface area contributed by atoms with Crippen molar-refractivity contribution >= 4 is 33.2 Å². The van der Waals surface area contributed by atoms with Crippen molar-refractivity contribution in [2.45, 2.75) is 12.8 Å². The summed E-state index contributed by atoms with van der Waals surface area (Å²) in [5, 5.41) is 0.873. The van der Waals surface area contributed by atoms with Crippen molar-refractivity contribution in [3.63, 3.8) is 0 Å². The van der Waals surface area contributed by atoms with Crippen molar-refractivity contribution in [2.75, 3.05) is 30.8 Å². The molecule has 9 heteroatoms. The summed E-state index contributed by atoms with van der Waals surface area (Å²) in [5.41, 5.74) is 0.695. The molecule has 0 saturated carbocycles. The minimum Gasteiger partial charge on any atom is -0.429 e. The van der Waals surface area contributed by atoms with Crippen LogP contribution in [-0.4, -0.2) is 50.7 Å². The zero-order chi connectivity index (χ0) is 17.9. The molecule has 1 aliphatic rings. The van der Waals surface area contributed by atoms with Crippen LogP contribution in [0.25, 0.3) is 10.9 Å². The van der Waals surface area contributed by atoms with Gasteiger partial charge < -0.3 is 9.64 Å². The van der Waals surface area contributed by atoms with Gasteiger partial charge in [0.2, 0.25) is 10.0 Å². The molecule has 1 aromatic carbocycles. The molecule has 1 fully saturated rings. The van der Waals surface area contributed by atoms with Gasteiger partial charge in [0.25, 0.3) is 6.47 Å². The monoisotopic (exact) mass is 364 g/mol. The summed E-state index contributed by atoms with van der Waals surface area (Å²) in [6, 6.07) is 5.24. The quantitative estimate of drug-likeness (QED) is 0.761. The van der Waals surface area contributed by atoms with Gasteiger partial charge in [-0.15, -0.1) is 0 Å². The molecule has 2 heterocycles. The Labute approximate surface area is 146 Å². The largest absolute Gasteiger partial charge is 0.429 e. The summed E-state index contributed by atoms with van der Waals surface area (Å²) in [6.07, 6.45) is 4.60. The van der Waals surface area contributed by atoms with Crippen LogP contribution in [0, 0.1) is 5.92 Å². The zero-order valence-electron chi connectivity index (χ0n) is 13.9. The van der Waals surface area contributed by atoms with E-state index in [2.05, 4.69) is 19.6 Å². The lowest BCUT2D eigenvalue weighted by Crippen LogP contribution is -2.41. The van der Waals surface area contributed by atoms with Gasteiger partial charge in [0, 0.05) is 31.1 Å². The fourth-order valence-corrected chi connectivity index (χ4v) is 3.64. The molecule has 0 radical (unpaired) electrons. The lowest BCUT2D eigenvalue weighted by atomic mass is 9.98. The minimum atomic E-state index is -3.19. The molecule has 1 saturated heterocycles. The van der Waals surface area contributed by atoms with E-state index in [1.165, 1.54) is 12.6 Å². The molecule has 0 amide bonds. The van der Waals surface area contributed by atoms with Crippen molar-refractivity contribution < 1.29 is 17.9 Å². The number of nitrogens with zero attached hydrogens (tertiary/aromatic N) is 3. The zero-order valence-corrected chi connectivity index (χ0v) is 14.7. The molecule has 0 aliphatic carbocycles. The van der Waals surface area contributed by atoms with Gasteiger partial charge in [0.05, 0.1) is 11.8 Å². The van der Waals surface area contributed by atoms with Gasteiger partial charge in [-0.05, 0) is 30.9 Å². The summed E-state index contributed by atoms with van der Waals surface area (Å²) in [4.78, 5) is 21.3. The van der Waals surface area contributed by atoms with Crippen LogP contribution in [0.5, 0.6) is 5.75 Å². The molecule has 1 unspecified atom stereocenters. The Morgan fingerprint density at radius 3 is 3.00 bits per heavy atom. The van der Waals surface area contributed by atoms with Crippen LogP contribution < -0.4 is 14.4 Å². The number of carbonyl (C=O) groups is 1. The summed E-state index contributed by atoms with van der Waals surface area (Å²) < 4.78 is 30.1. The van der Waals surface area contributed by atoms with Gasteiger partial charge >= 0.3 is 0 Å². The molecule has 1 N–H and O–H groups in total. The third-order valence-corrected chi connectivity index (χ3v) is 4.91. The summed E-state index contributed by atoms with van der Waals surface area (Å²) in [5.74, 6) is 1.47. The Hall–Kier alpha value is -2.26. The molecule has 8 nitrogen and oxygen atoms in total. The van der Waals surface area contributed by atoms with Gasteiger partial charge in [0.1, 0.15) is 17.9 Å². The highest BCUT2D eigenvalue weighted by Gasteiger charge is 2.23. The SMILES string of the molecule is CS(=O)(=O)NCC1CCCN(c2ncnc3cc(OC=O)ccc23)C1. The number of nitrogens with one attached hydrogen (secondary N) is 1. The van der Waals surface area contributed by atoms with Gasteiger partial charge in [-0.2, -0.15) is 0 Å². The Morgan fingerprint density at radius 1 is 1.40 bits per heavy atom. The van der Waals surface area contributed by atoms with E-state index in [0.717, 1.165) is 37.1 Å². The summed E-state index contributed by atoms with van der Waals surface area (Å²) in [7, 11) is -3.19. The number of ether oxygens (including phenoxy) is 1. The number of aromatic nitrogens is 2. The molecular weight excluding hydrogens is 344 g/mol. The lowest BCUT2D eigenvalue weighted by molar-refractivity contribution is -0.120. The number of rotatable bonds is 6. The fourth-order valence-electron chi connectivity index (χ4n) is 3.10. The molecule has 0 bridgehead atoms. The van der Waals surface area contributed by atoms with Crippen LogP contribution in [0.4, 0.5) is 5.82 Å². The van der Waals surface area contributed by atoms with Gasteiger partial charge in [-0.25, -0.2) is 23.1 Å². The third kappa shape index (κ3) is 4.43. The number of benzene rings is 1. The highest BCUT2D eigenvalue weighted by Crippen LogP contribution is 2.29. The Balaban J connectivity index is 1.81. The Morgan fingerprint density at radius 2 is 2.24 bits per heavy atom. The van der Waals surface area contributed by atoms with Crippen LogP contribution in [0.1, 0.15) is 12.8 Å². The first-order valence-electron chi connectivity index (χ1n) is 8.01. The van der Waals surface area contributed by atoms with Crippen molar-refractivity contribution in [3.8, 4) is 5.75 Å². The number of hydrogen-bond acceptors (Lipinski definition) is 7. The van der Waals surface area contributed by atoms with Crippen LogP contribution >= 0.6 is 0 Å². The minimum absolute atomic E-state index is 0.228. The number of sulfonamides is 1. The molecule has 1 aromatic heterocycles. The predicted octanol–water partition coefficient (Wildman–Crippen LogP) is 0.931. The van der Waals surface area contributed by atoms with Crippen LogP contribution in [0.15, 0.2) is 24.5 Å². The second kappa shape index (κ2) is 7.32.